The summed E-state index contributed by atoms with van der Waals surface area (Å²) in [7, 11) is 0. The number of amides is 1. The lowest BCUT2D eigenvalue weighted by Crippen LogP contribution is -2.37. The van der Waals surface area contributed by atoms with Gasteiger partial charge in [-0.3, -0.25) is 4.79 Å². The highest BCUT2D eigenvalue weighted by molar-refractivity contribution is 5.78. The Balaban J connectivity index is 2.33. The van der Waals surface area contributed by atoms with Crippen molar-refractivity contribution in [1.29, 1.82) is 0 Å². The molecular formula is C13H25NO2. The van der Waals surface area contributed by atoms with Gasteiger partial charge in [0.05, 0.1) is 6.10 Å². The number of hydrogen-bond donors (Lipinski definition) is 0. The molecule has 0 aliphatic heterocycles. The maximum Gasteiger partial charge on any atom is 0.248 e. The summed E-state index contributed by atoms with van der Waals surface area (Å²) in [5.74, 6) is 0.817. The van der Waals surface area contributed by atoms with Crippen LogP contribution in [0.3, 0.4) is 0 Å². The SMILES string of the molecule is CC(C)CCN(C(=O)COC(C)C)C1CC1. The number of nitrogens with zero attached hydrogens (tertiary/aromatic N) is 1. The van der Waals surface area contributed by atoms with Crippen LogP contribution in [0.1, 0.15) is 47.0 Å². The quantitative estimate of drug-likeness (QED) is 0.668. The van der Waals surface area contributed by atoms with Crippen molar-refractivity contribution >= 4 is 5.91 Å². The van der Waals surface area contributed by atoms with Gasteiger partial charge in [0.25, 0.3) is 0 Å². The second-order valence-corrected chi connectivity index (χ2v) is 5.36. The first-order valence-corrected chi connectivity index (χ1v) is 6.41. The van der Waals surface area contributed by atoms with E-state index in [0.29, 0.717) is 12.0 Å². The van der Waals surface area contributed by atoms with Gasteiger partial charge in [0.15, 0.2) is 0 Å². The molecule has 0 saturated heterocycles. The van der Waals surface area contributed by atoms with Crippen LogP contribution < -0.4 is 0 Å². The lowest BCUT2D eigenvalue weighted by molar-refractivity contribution is -0.138. The molecule has 94 valence electrons. The van der Waals surface area contributed by atoms with Crippen molar-refractivity contribution in [1.82, 2.24) is 4.90 Å². The van der Waals surface area contributed by atoms with Gasteiger partial charge in [-0.05, 0) is 39.0 Å². The molecule has 0 N–H and O–H groups in total. The number of carbonyl (C=O) groups excluding carboxylic acids is 1. The van der Waals surface area contributed by atoms with Gasteiger partial charge >= 0.3 is 0 Å². The Morgan fingerprint density at radius 2 is 1.94 bits per heavy atom. The summed E-state index contributed by atoms with van der Waals surface area (Å²) in [6, 6.07) is 0.502. The van der Waals surface area contributed by atoms with Gasteiger partial charge in [-0.2, -0.15) is 0 Å². The molecule has 0 unspecified atom stereocenters. The zero-order chi connectivity index (χ0) is 12.1. The van der Waals surface area contributed by atoms with E-state index in [0.717, 1.165) is 13.0 Å². The average molecular weight is 227 g/mol. The van der Waals surface area contributed by atoms with Crippen molar-refractivity contribution in [2.24, 2.45) is 5.92 Å². The van der Waals surface area contributed by atoms with Crippen LogP contribution in [0.2, 0.25) is 0 Å². The van der Waals surface area contributed by atoms with Crippen LogP contribution in [0.25, 0.3) is 0 Å². The Morgan fingerprint density at radius 3 is 2.38 bits per heavy atom. The molecular weight excluding hydrogens is 202 g/mol. The third-order valence-corrected chi connectivity index (χ3v) is 2.80. The van der Waals surface area contributed by atoms with E-state index in [1.54, 1.807) is 0 Å². The topological polar surface area (TPSA) is 29.5 Å². The summed E-state index contributed by atoms with van der Waals surface area (Å²) in [6.45, 7) is 9.45. The van der Waals surface area contributed by atoms with Gasteiger partial charge in [-0.25, -0.2) is 0 Å². The van der Waals surface area contributed by atoms with Crippen molar-refractivity contribution in [2.45, 2.75) is 59.1 Å². The second-order valence-electron chi connectivity index (χ2n) is 5.36. The molecule has 0 aromatic carbocycles. The fourth-order valence-corrected chi connectivity index (χ4v) is 1.62. The van der Waals surface area contributed by atoms with Crippen LogP contribution in [-0.2, 0) is 9.53 Å². The van der Waals surface area contributed by atoms with E-state index < -0.39 is 0 Å². The highest BCUT2D eigenvalue weighted by Gasteiger charge is 2.32. The second kappa shape index (κ2) is 6.24. The Labute approximate surface area is 99.1 Å². The Kier molecular flexibility index (Phi) is 5.26. The van der Waals surface area contributed by atoms with Gasteiger partial charge in [0, 0.05) is 12.6 Å². The van der Waals surface area contributed by atoms with E-state index in [2.05, 4.69) is 13.8 Å². The molecule has 3 nitrogen and oxygen atoms in total. The summed E-state index contributed by atoms with van der Waals surface area (Å²) >= 11 is 0. The van der Waals surface area contributed by atoms with Gasteiger partial charge in [-0.1, -0.05) is 13.8 Å². The molecule has 0 spiro atoms. The minimum Gasteiger partial charge on any atom is -0.369 e. The number of ether oxygens (including phenoxy) is 1. The molecule has 0 bridgehead atoms. The molecule has 0 aromatic heterocycles. The fraction of sp³-hybridized carbons (Fsp3) is 0.923. The van der Waals surface area contributed by atoms with Gasteiger partial charge < -0.3 is 9.64 Å². The van der Waals surface area contributed by atoms with Crippen molar-refractivity contribution in [3.8, 4) is 0 Å². The summed E-state index contributed by atoms with van der Waals surface area (Å²) in [6.07, 6.45) is 3.57. The maximum absolute atomic E-state index is 11.9. The van der Waals surface area contributed by atoms with E-state index in [-0.39, 0.29) is 18.6 Å². The van der Waals surface area contributed by atoms with E-state index in [1.807, 2.05) is 18.7 Å². The highest BCUT2D eigenvalue weighted by atomic mass is 16.5. The highest BCUT2D eigenvalue weighted by Crippen LogP contribution is 2.27. The standard InChI is InChI=1S/C13H25NO2/c1-10(2)7-8-14(12-5-6-12)13(15)9-16-11(3)4/h10-12H,5-9H2,1-4H3. The van der Waals surface area contributed by atoms with Crippen LogP contribution in [-0.4, -0.2) is 36.1 Å². The molecule has 1 saturated carbocycles. The summed E-state index contributed by atoms with van der Waals surface area (Å²) < 4.78 is 5.38. The molecule has 1 fully saturated rings. The minimum absolute atomic E-state index is 0.134. The molecule has 1 rings (SSSR count). The molecule has 0 radical (unpaired) electrons. The number of carbonyl (C=O) groups is 1. The van der Waals surface area contributed by atoms with Crippen LogP contribution >= 0.6 is 0 Å². The van der Waals surface area contributed by atoms with Crippen LogP contribution in [0, 0.1) is 5.92 Å². The van der Waals surface area contributed by atoms with Crippen molar-refractivity contribution in [3.63, 3.8) is 0 Å². The summed E-state index contributed by atoms with van der Waals surface area (Å²) in [5, 5.41) is 0. The lowest BCUT2D eigenvalue weighted by atomic mass is 10.1. The molecule has 3 heteroatoms. The van der Waals surface area contributed by atoms with Gasteiger partial charge in [0.2, 0.25) is 5.91 Å². The predicted molar refractivity (Wildman–Crippen MR) is 65.3 cm³/mol. The first-order valence-electron chi connectivity index (χ1n) is 6.41. The Morgan fingerprint density at radius 1 is 1.31 bits per heavy atom. The van der Waals surface area contributed by atoms with E-state index >= 15 is 0 Å². The molecule has 1 amide bonds. The van der Waals surface area contributed by atoms with E-state index in [9.17, 15) is 4.79 Å². The molecule has 0 atom stereocenters. The zero-order valence-corrected chi connectivity index (χ0v) is 11.0. The maximum atomic E-state index is 11.9. The largest absolute Gasteiger partial charge is 0.369 e. The van der Waals surface area contributed by atoms with Crippen molar-refractivity contribution < 1.29 is 9.53 Å². The normalized spacial score (nSPS) is 15.9. The number of rotatable bonds is 7. The van der Waals surface area contributed by atoms with Crippen molar-refractivity contribution in [2.75, 3.05) is 13.2 Å². The summed E-state index contributed by atoms with van der Waals surface area (Å²) in [4.78, 5) is 14.0. The average Bonchev–Trinajstić information content (AvgIpc) is 2.98. The Hall–Kier alpha value is -0.570. The van der Waals surface area contributed by atoms with Crippen molar-refractivity contribution in [3.05, 3.63) is 0 Å². The minimum atomic E-state index is 0.134. The molecule has 0 heterocycles. The van der Waals surface area contributed by atoms with Crippen LogP contribution in [0.4, 0.5) is 0 Å². The van der Waals surface area contributed by atoms with E-state index in [4.69, 9.17) is 4.74 Å². The molecule has 16 heavy (non-hydrogen) atoms. The smallest absolute Gasteiger partial charge is 0.248 e. The van der Waals surface area contributed by atoms with E-state index in [1.165, 1.54) is 12.8 Å². The van der Waals surface area contributed by atoms with Crippen LogP contribution in [0.5, 0.6) is 0 Å². The first-order chi connectivity index (χ1) is 7.50. The number of hydrogen-bond acceptors (Lipinski definition) is 2. The molecule has 0 aromatic rings. The fourth-order valence-electron chi connectivity index (χ4n) is 1.62. The third kappa shape index (κ3) is 4.97. The van der Waals surface area contributed by atoms with Crippen LogP contribution in [0.15, 0.2) is 0 Å². The first kappa shape index (κ1) is 13.5. The third-order valence-electron chi connectivity index (χ3n) is 2.80. The monoisotopic (exact) mass is 227 g/mol. The Bertz CT molecular complexity index is 222. The summed E-state index contributed by atoms with van der Waals surface area (Å²) in [5.41, 5.74) is 0. The molecule has 1 aliphatic carbocycles. The zero-order valence-electron chi connectivity index (χ0n) is 11.0. The lowest BCUT2D eigenvalue weighted by Gasteiger charge is -2.23. The van der Waals surface area contributed by atoms with Gasteiger partial charge in [-0.15, -0.1) is 0 Å². The van der Waals surface area contributed by atoms with Gasteiger partial charge in [0.1, 0.15) is 6.61 Å². The predicted octanol–water partition coefficient (Wildman–Crippen LogP) is 2.45. The molecule has 1 aliphatic rings.